The Morgan fingerprint density at radius 2 is 1.11 bits per heavy atom. The maximum atomic E-state index is 15.2. The van der Waals surface area contributed by atoms with Crippen LogP contribution in [0.2, 0.25) is 0 Å². The summed E-state index contributed by atoms with van der Waals surface area (Å²) in [7, 11) is 0. The molecule has 85 heavy (non-hydrogen) atoms. The molecular weight excluding hydrogens is 1130 g/mol. The van der Waals surface area contributed by atoms with Crippen LogP contribution in [0.15, 0.2) is 224 Å². The van der Waals surface area contributed by atoms with E-state index < -0.39 is 87.5 Å². The van der Waals surface area contributed by atoms with E-state index >= 15 is 9.59 Å². The zero-order valence-corrected chi connectivity index (χ0v) is 46.9. The summed E-state index contributed by atoms with van der Waals surface area (Å²) < 4.78 is 42.3. The Kier molecular flexibility index (Phi) is 16.2. The Morgan fingerprint density at radius 1 is 0.659 bits per heavy atom. The van der Waals surface area contributed by atoms with Crippen molar-refractivity contribution in [3.63, 3.8) is 0 Å². The van der Waals surface area contributed by atoms with Gasteiger partial charge in [0, 0.05) is 32.8 Å². The van der Waals surface area contributed by atoms with Crippen LogP contribution in [0.1, 0.15) is 41.2 Å². The fourth-order valence-electron chi connectivity index (χ4n) is 10.4. The molecule has 4 unspecified atom stereocenters. The van der Waals surface area contributed by atoms with Gasteiger partial charge in [0.2, 0.25) is 0 Å². The van der Waals surface area contributed by atoms with Gasteiger partial charge in [0.15, 0.2) is 5.50 Å². The Morgan fingerprint density at radius 3 is 1.56 bits per heavy atom. The third-order valence-electron chi connectivity index (χ3n) is 14.8. The van der Waals surface area contributed by atoms with Crippen molar-refractivity contribution in [1.29, 1.82) is 5.26 Å². The molecule has 428 valence electrons. The molecule has 19 nitrogen and oxygen atoms in total. The molecule has 0 saturated heterocycles. The van der Waals surface area contributed by atoms with E-state index in [1.54, 1.807) is 176 Å². The lowest BCUT2D eigenvalue weighted by Gasteiger charge is -2.44. The van der Waals surface area contributed by atoms with Crippen molar-refractivity contribution >= 4 is 71.9 Å². The first-order chi connectivity index (χ1) is 41.2. The van der Waals surface area contributed by atoms with Crippen molar-refractivity contribution in [1.82, 2.24) is 10.2 Å². The number of carbonyl (C=O) groups excluding carboxylic acids is 7. The predicted molar refractivity (Wildman–Crippen MR) is 308 cm³/mol. The number of rotatable bonds is 15. The summed E-state index contributed by atoms with van der Waals surface area (Å²) >= 11 is 5.82. The van der Waals surface area contributed by atoms with Gasteiger partial charge in [-0.2, -0.15) is 10.2 Å². The largest absolute Gasteiger partial charge is 0.463 e. The first kappa shape index (κ1) is 56.9. The van der Waals surface area contributed by atoms with Gasteiger partial charge in [-0.3, -0.25) is 9.59 Å². The van der Waals surface area contributed by atoms with Crippen molar-refractivity contribution in [2.24, 2.45) is 28.5 Å². The molecule has 0 bridgehead atoms. The number of benzene rings is 5. The van der Waals surface area contributed by atoms with E-state index in [0.29, 0.717) is 33.4 Å². The van der Waals surface area contributed by atoms with Crippen LogP contribution < -0.4 is 11.1 Å². The molecule has 0 fully saturated rings. The number of nitriles is 1. The van der Waals surface area contributed by atoms with Crippen molar-refractivity contribution in [3.8, 4) is 6.07 Å². The van der Waals surface area contributed by atoms with E-state index in [1.807, 2.05) is 0 Å². The average molecular weight is 1180 g/mol. The lowest BCUT2D eigenvalue weighted by molar-refractivity contribution is -0.186. The molecule has 2 aliphatic carbocycles. The van der Waals surface area contributed by atoms with E-state index in [9.17, 15) is 29.2 Å². The number of thiol groups is 1. The number of imide groups is 3. The van der Waals surface area contributed by atoms with Gasteiger partial charge < -0.3 is 44.2 Å². The number of esters is 4. The molecule has 3 N–H and O–H groups in total. The molecule has 3 amide bonds. The summed E-state index contributed by atoms with van der Waals surface area (Å²) in [6.07, 6.45) is 4.04. The molecule has 0 aromatic heterocycles. The number of thioether (sulfide) groups is 1. The van der Waals surface area contributed by atoms with Crippen LogP contribution in [0.4, 0.5) is 4.79 Å². The van der Waals surface area contributed by atoms with Gasteiger partial charge in [0.25, 0.3) is 11.8 Å². The molecule has 4 atom stereocenters. The number of hydrogen-bond acceptors (Lipinski definition) is 20. The molecule has 11 rings (SSSR count). The zero-order valence-electron chi connectivity index (χ0n) is 45.2. The summed E-state index contributed by atoms with van der Waals surface area (Å²) in [5, 5.41) is 13.4. The molecule has 5 aromatic carbocycles. The van der Waals surface area contributed by atoms with Crippen LogP contribution in [0, 0.1) is 29.1 Å². The van der Waals surface area contributed by atoms with Crippen molar-refractivity contribution < 1.29 is 66.7 Å². The highest BCUT2D eigenvalue weighted by atomic mass is 32.2. The first-order valence-electron chi connectivity index (χ1n) is 26.7. The fourth-order valence-corrected chi connectivity index (χ4v) is 12.0. The summed E-state index contributed by atoms with van der Waals surface area (Å²) in [6, 6.07) is 45.4. The van der Waals surface area contributed by atoms with E-state index in [4.69, 9.17) is 56.5 Å². The second-order valence-electron chi connectivity index (χ2n) is 20.2. The minimum atomic E-state index is -2.75. The minimum Gasteiger partial charge on any atom is -0.463 e. The van der Waals surface area contributed by atoms with Crippen molar-refractivity contribution in [2.45, 2.75) is 63.1 Å². The SMILES string of the molecule is CC1=C(C#N)C(=O)N(C(=O)OCc2ccccc2)C(=O)/C1=N\C1NC2=C(S1)C1=CC3C=C4OC(C(=O)OCc5ccccc5)(C(=O)OCc5ccccc5)C(N)=C(S)C4CC3C=C1OC2(C(=O)OCc1ccccc1)C(=O)OCc1ccccc1. The van der Waals surface area contributed by atoms with Crippen molar-refractivity contribution in [3.05, 3.63) is 247 Å². The van der Waals surface area contributed by atoms with Crippen LogP contribution in [0.25, 0.3) is 0 Å². The van der Waals surface area contributed by atoms with E-state index in [2.05, 4.69) is 5.32 Å². The standard InChI is InChI=1S/C64H51N5O14S2/c1-37-47(31-65)55(70)69(62(76)81-36-42-25-15-6-16-26-42)56(71)50(37)67-61-68-54-52(85-61)46-28-44-29-48-45(51(84)53(66)63(82-48,57(72)77-32-38-17-7-2-8-18-38)58(73)78-33-39-19-9-3-10-20-39)27-43(44)30-49(46)83-64(54,59(74)79-34-40-21-11-4-12-22-40)60(75)80-35-41-23-13-5-14-24-41/h2-26,28-30,43-45,61,68,84H,27,32-36,66H2,1H3/b67-50-. The Hall–Kier alpha value is -9.91. The summed E-state index contributed by atoms with van der Waals surface area (Å²) in [4.78, 5) is 106. The minimum absolute atomic E-state index is 0.0417. The quantitative estimate of drug-likeness (QED) is 0.0292. The number of fused-ring (bicyclic) bond motifs is 4. The highest BCUT2D eigenvalue weighted by Gasteiger charge is 2.64. The van der Waals surface area contributed by atoms with Gasteiger partial charge in [0.1, 0.15) is 61.9 Å². The fraction of sp³-hybridized carbons (Fsp3) is 0.203. The normalized spacial score (nSPS) is 21.1. The monoisotopic (exact) mass is 1180 g/mol. The number of hydrogen-bond donors (Lipinski definition) is 3. The van der Waals surface area contributed by atoms with E-state index in [1.165, 1.54) is 6.92 Å². The van der Waals surface area contributed by atoms with Gasteiger partial charge in [-0.15, -0.1) is 12.6 Å². The lowest BCUT2D eigenvalue weighted by atomic mass is 9.72. The van der Waals surface area contributed by atoms with Crippen LogP contribution in [0.3, 0.4) is 0 Å². The maximum Gasteiger partial charge on any atom is 0.424 e. The van der Waals surface area contributed by atoms with E-state index in [-0.39, 0.29) is 82.7 Å². The molecule has 4 aliphatic heterocycles. The Labute approximate surface area is 496 Å². The smallest absolute Gasteiger partial charge is 0.424 e. The van der Waals surface area contributed by atoms with Crippen LogP contribution in [-0.4, -0.2) is 69.1 Å². The lowest BCUT2D eigenvalue weighted by Crippen LogP contribution is -2.58. The summed E-state index contributed by atoms with van der Waals surface area (Å²) in [5.74, 6) is -8.81. The van der Waals surface area contributed by atoms with Gasteiger partial charge >= 0.3 is 41.2 Å². The first-order valence-corrected chi connectivity index (χ1v) is 28.1. The number of nitrogens with two attached hydrogens (primary N) is 1. The topological polar surface area (TPSA) is 262 Å². The highest BCUT2D eigenvalue weighted by molar-refractivity contribution is 8.04. The molecule has 21 heteroatoms. The molecule has 4 heterocycles. The van der Waals surface area contributed by atoms with Gasteiger partial charge in [-0.25, -0.2) is 29.0 Å². The zero-order chi connectivity index (χ0) is 59.4. The van der Waals surface area contributed by atoms with Gasteiger partial charge in [-0.05, 0) is 59.2 Å². The van der Waals surface area contributed by atoms with Crippen LogP contribution >= 0.6 is 24.4 Å². The summed E-state index contributed by atoms with van der Waals surface area (Å²) in [5.41, 5.74) is 1.60. The number of ether oxygens (including phenoxy) is 7. The van der Waals surface area contributed by atoms with Crippen LogP contribution in [-0.2, 0) is 95.0 Å². The summed E-state index contributed by atoms with van der Waals surface area (Å²) in [6.45, 7) is -0.0804. The highest BCUT2D eigenvalue weighted by Crippen LogP contribution is 2.55. The number of carbonyl (C=O) groups is 7. The number of amides is 3. The Bertz CT molecular complexity index is 3710. The van der Waals surface area contributed by atoms with Gasteiger partial charge in [-0.1, -0.05) is 169 Å². The van der Waals surface area contributed by atoms with Crippen LogP contribution in [0.5, 0.6) is 0 Å². The Balaban J connectivity index is 0.992. The average Bonchev–Trinajstić information content (AvgIpc) is 2.14. The molecular formula is C64H51N5O14S2. The van der Waals surface area contributed by atoms with Gasteiger partial charge in [0.05, 0.1) is 11.4 Å². The third kappa shape index (κ3) is 11.0. The van der Waals surface area contributed by atoms with E-state index in [0.717, 1.165) is 11.8 Å². The second kappa shape index (κ2) is 24.1. The number of nitrogens with one attached hydrogen (secondary N) is 1. The molecule has 0 saturated carbocycles. The molecule has 5 aromatic rings. The van der Waals surface area contributed by atoms with Crippen molar-refractivity contribution in [2.75, 3.05) is 0 Å². The molecule has 0 radical (unpaired) electrons. The number of aliphatic imine (C=N–C) groups is 1. The molecule has 0 spiro atoms. The third-order valence-corrected chi connectivity index (χ3v) is 16.5. The molecule has 6 aliphatic rings. The second-order valence-corrected chi connectivity index (χ2v) is 21.8. The number of nitrogens with zero attached hydrogens (tertiary/aromatic N) is 3. The number of allylic oxidation sites excluding steroid dienone is 5. The predicted octanol–water partition coefficient (Wildman–Crippen LogP) is 8.38. The maximum absolute atomic E-state index is 15.2.